The van der Waals surface area contributed by atoms with Crippen LogP contribution in [0.2, 0.25) is 0 Å². The van der Waals surface area contributed by atoms with Gasteiger partial charge in [-0.1, -0.05) is 0 Å². The fourth-order valence-electron chi connectivity index (χ4n) is 2.45. The van der Waals surface area contributed by atoms with Gasteiger partial charge in [0.1, 0.15) is 6.33 Å². The molecule has 0 atom stereocenters. The second kappa shape index (κ2) is 6.90. The van der Waals surface area contributed by atoms with Crippen molar-refractivity contribution in [2.75, 3.05) is 25.0 Å². The van der Waals surface area contributed by atoms with Gasteiger partial charge in [0, 0.05) is 29.8 Å². The van der Waals surface area contributed by atoms with Gasteiger partial charge >= 0.3 is 7.82 Å². The number of hydrogen-bond acceptors (Lipinski definition) is 7. The number of nitrogens with zero attached hydrogens (tertiary/aromatic N) is 6. The molecule has 0 bridgehead atoms. The standard InChI is InChI=1S/C12H12BrN7.H3O4P/c1-14-8-4-19(5-8)11-12-18-16-6-20(12)9-2-7(13)3-15-10(9)17-11;1-5(2,3)4/h2-3,6,8,14H,4-5H2,1H3;(H3,1,2,3,4). The Morgan fingerprint density at radius 1 is 1.36 bits per heavy atom. The van der Waals surface area contributed by atoms with Gasteiger partial charge in [-0.2, -0.15) is 0 Å². The molecule has 0 amide bonds. The molecule has 3 aromatic heterocycles. The minimum atomic E-state index is -4.64. The molecule has 13 heteroatoms. The highest BCUT2D eigenvalue weighted by molar-refractivity contribution is 9.10. The van der Waals surface area contributed by atoms with Gasteiger partial charge in [-0.15, -0.1) is 10.2 Å². The van der Waals surface area contributed by atoms with Crippen molar-refractivity contribution in [2.24, 2.45) is 0 Å². The number of likely N-dealkylation sites (N-methyl/N-ethyl adjacent to an activating group) is 1. The molecule has 0 saturated carbocycles. The molecule has 0 spiro atoms. The molecule has 4 rings (SSSR count). The third-order valence-electron chi connectivity index (χ3n) is 3.62. The van der Waals surface area contributed by atoms with Crippen molar-refractivity contribution in [1.82, 2.24) is 29.9 Å². The van der Waals surface area contributed by atoms with Gasteiger partial charge < -0.3 is 24.9 Å². The van der Waals surface area contributed by atoms with Crippen LogP contribution in [0, 0.1) is 0 Å². The number of anilines is 1. The number of hydrogen-bond donors (Lipinski definition) is 4. The van der Waals surface area contributed by atoms with Gasteiger partial charge in [-0.3, -0.25) is 4.40 Å². The average molecular weight is 432 g/mol. The van der Waals surface area contributed by atoms with Gasteiger partial charge in [0.15, 0.2) is 11.5 Å². The van der Waals surface area contributed by atoms with Crippen molar-refractivity contribution in [3.63, 3.8) is 0 Å². The smallest absolute Gasteiger partial charge is 0.350 e. The Balaban J connectivity index is 0.000000324. The lowest BCUT2D eigenvalue weighted by atomic mass is 10.1. The van der Waals surface area contributed by atoms with Crippen molar-refractivity contribution in [3.8, 4) is 0 Å². The van der Waals surface area contributed by atoms with Gasteiger partial charge in [0.25, 0.3) is 0 Å². The summed E-state index contributed by atoms with van der Waals surface area (Å²) < 4.78 is 11.7. The quantitative estimate of drug-likeness (QED) is 0.405. The number of fused-ring (bicyclic) bond motifs is 3. The molecule has 0 radical (unpaired) electrons. The first kappa shape index (κ1) is 18.1. The highest BCUT2D eigenvalue weighted by Gasteiger charge is 2.29. The molecule has 3 aromatic rings. The third-order valence-corrected chi connectivity index (χ3v) is 4.06. The minimum absolute atomic E-state index is 0.508. The van der Waals surface area contributed by atoms with Crippen LogP contribution < -0.4 is 10.2 Å². The lowest BCUT2D eigenvalue weighted by Crippen LogP contribution is -2.57. The van der Waals surface area contributed by atoms with E-state index in [4.69, 9.17) is 19.2 Å². The van der Waals surface area contributed by atoms with Gasteiger partial charge in [-0.25, -0.2) is 14.5 Å². The largest absolute Gasteiger partial charge is 0.466 e. The number of phosphoric acid groups is 1. The van der Waals surface area contributed by atoms with E-state index >= 15 is 0 Å². The van der Waals surface area contributed by atoms with Crippen LogP contribution in [0.3, 0.4) is 0 Å². The highest BCUT2D eigenvalue weighted by Crippen LogP contribution is 2.27. The molecule has 1 fully saturated rings. The van der Waals surface area contributed by atoms with Crippen LogP contribution >= 0.6 is 23.8 Å². The summed E-state index contributed by atoms with van der Waals surface area (Å²) in [4.78, 5) is 32.8. The number of aromatic nitrogens is 5. The van der Waals surface area contributed by atoms with Crippen molar-refractivity contribution in [3.05, 3.63) is 23.1 Å². The first-order chi connectivity index (χ1) is 11.8. The van der Waals surface area contributed by atoms with Gasteiger partial charge in [0.05, 0.1) is 5.52 Å². The van der Waals surface area contributed by atoms with Crippen LogP contribution in [0.1, 0.15) is 0 Å². The maximum Gasteiger partial charge on any atom is 0.466 e. The summed E-state index contributed by atoms with van der Waals surface area (Å²) >= 11 is 3.43. The topological polar surface area (TPSA) is 149 Å². The predicted octanol–water partition coefficient (Wildman–Crippen LogP) is -0.0856. The molecule has 0 unspecified atom stereocenters. The summed E-state index contributed by atoms with van der Waals surface area (Å²) in [5, 5.41) is 11.5. The van der Waals surface area contributed by atoms with Crippen LogP contribution in [0.5, 0.6) is 0 Å². The Kier molecular flexibility index (Phi) is 5.00. The molecular formula is C12H15BrN7O4P. The van der Waals surface area contributed by atoms with Crippen molar-refractivity contribution in [2.45, 2.75) is 6.04 Å². The normalized spacial score (nSPS) is 15.2. The summed E-state index contributed by atoms with van der Waals surface area (Å²) in [5.41, 5.74) is 2.36. The Bertz CT molecular complexity index is 947. The molecule has 25 heavy (non-hydrogen) atoms. The van der Waals surface area contributed by atoms with Gasteiger partial charge in [-0.05, 0) is 29.0 Å². The fraction of sp³-hybridized carbons (Fsp3) is 0.333. The molecule has 0 aliphatic carbocycles. The van der Waals surface area contributed by atoms with Crippen molar-refractivity contribution < 1.29 is 19.2 Å². The van der Waals surface area contributed by atoms with Crippen LogP contribution in [0.15, 0.2) is 23.1 Å². The molecule has 134 valence electrons. The molecule has 11 nitrogen and oxygen atoms in total. The SMILES string of the molecule is CNC1CN(c2nc3ncc(Br)cc3n3cnnc23)C1.O=P(O)(O)O. The molecule has 1 aliphatic rings. The van der Waals surface area contributed by atoms with E-state index in [0.29, 0.717) is 11.7 Å². The summed E-state index contributed by atoms with van der Waals surface area (Å²) in [6, 6.07) is 2.48. The van der Waals surface area contributed by atoms with E-state index in [9.17, 15) is 0 Å². The Labute approximate surface area is 150 Å². The number of halogens is 1. The molecule has 4 N–H and O–H groups in total. The van der Waals surface area contributed by atoms with Crippen molar-refractivity contribution >= 4 is 46.4 Å². The summed E-state index contributed by atoms with van der Waals surface area (Å²) in [7, 11) is -2.67. The zero-order valence-electron chi connectivity index (χ0n) is 13.0. The average Bonchev–Trinajstić information content (AvgIpc) is 2.94. The van der Waals surface area contributed by atoms with Crippen molar-refractivity contribution in [1.29, 1.82) is 0 Å². The molecule has 1 saturated heterocycles. The maximum atomic E-state index is 8.88. The second-order valence-electron chi connectivity index (χ2n) is 5.36. The Morgan fingerprint density at radius 3 is 2.68 bits per heavy atom. The van der Waals surface area contributed by atoms with E-state index in [1.807, 2.05) is 17.5 Å². The van der Waals surface area contributed by atoms with Crippen LogP contribution in [-0.4, -0.2) is 65.4 Å². The van der Waals surface area contributed by atoms with Gasteiger partial charge in [0.2, 0.25) is 5.65 Å². The zero-order chi connectivity index (χ0) is 18.2. The number of nitrogens with one attached hydrogen (secondary N) is 1. The monoisotopic (exact) mass is 431 g/mol. The maximum absolute atomic E-state index is 8.88. The molecular weight excluding hydrogens is 417 g/mol. The van der Waals surface area contributed by atoms with E-state index in [1.54, 1.807) is 12.5 Å². The number of rotatable bonds is 2. The first-order valence-corrected chi connectivity index (χ1v) is 9.47. The van der Waals surface area contributed by atoms with Crippen LogP contribution in [0.4, 0.5) is 5.82 Å². The van der Waals surface area contributed by atoms with Crippen LogP contribution in [0.25, 0.3) is 16.8 Å². The van der Waals surface area contributed by atoms with E-state index in [0.717, 1.165) is 34.5 Å². The molecule has 1 aliphatic heterocycles. The lowest BCUT2D eigenvalue weighted by molar-refractivity contribution is 0.275. The fourth-order valence-corrected chi connectivity index (χ4v) is 2.76. The third kappa shape index (κ3) is 4.11. The van der Waals surface area contributed by atoms with E-state index < -0.39 is 7.82 Å². The minimum Gasteiger partial charge on any atom is -0.350 e. The summed E-state index contributed by atoms with van der Waals surface area (Å²) in [5.74, 6) is 0.844. The predicted molar refractivity (Wildman–Crippen MR) is 93.1 cm³/mol. The first-order valence-electron chi connectivity index (χ1n) is 7.12. The molecule has 0 aromatic carbocycles. The second-order valence-corrected chi connectivity index (χ2v) is 7.30. The summed E-state index contributed by atoms with van der Waals surface area (Å²) in [6.45, 7) is 1.85. The summed E-state index contributed by atoms with van der Waals surface area (Å²) in [6.07, 6.45) is 3.45. The Hall–Kier alpha value is -1.69. The zero-order valence-corrected chi connectivity index (χ0v) is 15.5. The lowest BCUT2D eigenvalue weighted by Gasteiger charge is -2.39. The van der Waals surface area contributed by atoms with E-state index in [2.05, 4.69) is 46.3 Å². The van der Waals surface area contributed by atoms with E-state index in [-0.39, 0.29) is 0 Å². The molecule has 4 heterocycles. The highest BCUT2D eigenvalue weighted by atomic mass is 79.9. The Morgan fingerprint density at radius 2 is 2.04 bits per heavy atom. The number of pyridine rings is 1. The van der Waals surface area contributed by atoms with Crippen LogP contribution in [-0.2, 0) is 4.57 Å². The van der Waals surface area contributed by atoms with E-state index in [1.165, 1.54) is 0 Å².